The normalized spacial score (nSPS) is 24.0. The van der Waals surface area contributed by atoms with Gasteiger partial charge in [-0.1, -0.05) is 12.5 Å². The molecule has 1 aliphatic heterocycles. The van der Waals surface area contributed by atoms with Crippen molar-refractivity contribution in [3.8, 4) is 0 Å². The molecule has 2 amide bonds. The lowest BCUT2D eigenvalue weighted by Crippen LogP contribution is -2.30. The average molecular weight is 315 g/mol. The lowest BCUT2D eigenvalue weighted by atomic mass is 9.95. The van der Waals surface area contributed by atoms with Crippen LogP contribution in [0.15, 0.2) is 24.3 Å². The van der Waals surface area contributed by atoms with Crippen LogP contribution in [0.1, 0.15) is 42.5 Å². The van der Waals surface area contributed by atoms with Crippen LogP contribution in [0.2, 0.25) is 0 Å². The maximum absolute atomic E-state index is 12.5. The summed E-state index contributed by atoms with van der Waals surface area (Å²) < 4.78 is 0. The number of anilines is 1. The number of carbonyl (C=O) groups is 2. The van der Waals surface area contributed by atoms with Crippen molar-refractivity contribution in [2.45, 2.75) is 32.1 Å². The molecule has 124 valence electrons. The number of nitrogens with one attached hydrogen (secondary N) is 1. The molecule has 2 aliphatic rings. The molecule has 23 heavy (non-hydrogen) atoms. The molecule has 1 aliphatic carbocycles. The summed E-state index contributed by atoms with van der Waals surface area (Å²) in [6.45, 7) is 2.22. The van der Waals surface area contributed by atoms with Crippen molar-refractivity contribution in [2.75, 3.05) is 25.0 Å². The Hall–Kier alpha value is -1.88. The van der Waals surface area contributed by atoms with Gasteiger partial charge in [0, 0.05) is 30.3 Å². The number of benzene rings is 1. The number of hydrogen-bond acceptors (Lipinski definition) is 3. The van der Waals surface area contributed by atoms with E-state index in [2.05, 4.69) is 5.32 Å². The first-order valence-electron chi connectivity index (χ1n) is 8.59. The van der Waals surface area contributed by atoms with Crippen LogP contribution in [0.5, 0.6) is 0 Å². The number of nitrogens with two attached hydrogens (primary N) is 1. The second kappa shape index (κ2) is 7.13. The zero-order valence-electron chi connectivity index (χ0n) is 13.5. The molecule has 2 fully saturated rings. The van der Waals surface area contributed by atoms with E-state index in [0.717, 1.165) is 45.2 Å². The van der Waals surface area contributed by atoms with Gasteiger partial charge in [0.15, 0.2) is 0 Å². The summed E-state index contributed by atoms with van der Waals surface area (Å²) in [5, 5.41) is 2.97. The summed E-state index contributed by atoms with van der Waals surface area (Å²) >= 11 is 0. The highest BCUT2D eigenvalue weighted by atomic mass is 16.2. The third-order valence-corrected chi connectivity index (χ3v) is 5.07. The molecule has 3 rings (SSSR count). The van der Waals surface area contributed by atoms with Crippen molar-refractivity contribution in [3.63, 3.8) is 0 Å². The minimum absolute atomic E-state index is 0.00191. The second-order valence-electron chi connectivity index (χ2n) is 6.60. The summed E-state index contributed by atoms with van der Waals surface area (Å²) in [5.41, 5.74) is 7.10. The smallest absolute Gasteiger partial charge is 0.253 e. The molecular formula is C18H25N3O2. The highest BCUT2D eigenvalue weighted by Crippen LogP contribution is 2.32. The quantitative estimate of drug-likeness (QED) is 0.894. The SMILES string of the molecule is NC[C@H]1CCC[C@H]1C(=O)Nc1cccc(C(=O)N2CCCC2)c1. The van der Waals surface area contributed by atoms with Crippen molar-refractivity contribution in [2.24, 2.45) is 17.6 Å². The molecule has 5 heteroatoms. The fourth-order valence-electron chi connectivity index (χ4n) is 3.73. The number of rotatable bonds is 4. The fraction of sp³-hybridized carbons (Fsp3) is 0.556. The Balaban J connectivity index is 1.67. The van der Waals surface area contributed by atoms with E-state index < -0.39 is 0 Å². The maximum atomic E-state index is 12.5. The molecule has 5 nitrogen and oxygen atoms in total. The van der Waals surface area contributed by atoms with Gasteiger partial charge in [-0.3, -0.25) is 9.59 Å². The third-order valence-electron chi connectivity index (χ3n) is 5.07. The molecule has 0 radical (unpaired) electrons. The average Bonchev–Trinajstić information content (AvgIpc) is 3.25. The van der Waals surface area contributed by atoms with Crippen LogP contribution in [-0.2, 0) is 4.79 Å². The zero-order chi connectivity index (χ0) is 16.2. The van der Waals surface area contributed by atoms with Crippen LogP contribution in [0, 0.1) is 11.8 Å². The first-order valence-corrected chi connectivity index (χ1v) is 8.59. The predicted octanol–water partition coefficient (Wildman–Crippen LogP) is 2.24. The highest BCUT2D eigenvalue weighted by molar-refractivity contribution is 5.97. The molecule has 1 heterocycles. The van der Waals surface area contributed by atoms with Crippen molar-refractivity contribution in [3.05, 3.63) is 29.8 Å². The number of carbonyl (C=O) groups excluding carboxylic acids is 2. The molecule has 0 spiro atoms. The first kappa shape index (κ1) is 16.0. The Labute approximate surface area is 137 Å². The van der Waals surface area contributed by atoms with E-state index in [-0.39, 0.29) is 23.7 Å². The van der Waals surface area contributed by atoms with Crippen LogP contribution < -0.4 is 11.1 Å². The van der Waals surface area contributed by atoms with Crippen LogP contribution >= 0.6 is 0 Å². The monoisotopic (exact) mass is 315 g/mol. The summed E-state index contributed by atoms with van der Waals surface area (Å²) in [7, 11) is 0. The van der Waals surface area contributed by atoms with Crippen molar-refractivity contribution in [1.82, 2.24) is 4.90 Å². The number of nitrogens with zero attached hydrogens (tertiary/aromatic N) is 1. The van der Waals surface area contributed by atoms with Gasteiger partial charge in [-0.25, -0.2) is 0 Å². The Bertz CT molecular complexity index is 581. The molecular weight excluding hydrogens is 290 g/mol. The van der Waals surface area contributed by atoms with Gasteiger partial charge in [-0.2, -0.15) is 0 Å². The molecule has 1 aromatic carbocycles. The predicted molar refractivity (Wildman–Crippen MR) is 90.1 cm³/mol. The molecule has 1 saturated carbocycles. The largest absolute Gasteiger partial charge is 0.339 e. The van der Waals surface area contributed by atoms with Gasteiger partial charge >= 0.3 is 0 Å². The molecule has 0 bridgehead atoms. The van der Waals surface area contributed by atoms with Crippen LogP contribution in [0.25, 0.3) is 0 Å². The zero-order valence-corrected chi connectivity index (χ0v) is 13.5. The third kappa shape index (κ3) is 3.55. The summed E-state index contributed by atoms with van der Waals surface area (Å²) in [5.74, 6) is 0.366. The first-order chi connectivity index (χ1) is 11.2. The second-order valence-corrected chi connectivity index (χ2v) is 6.60. The summed E-state index contributed by atoms with van der Waals surface area (Å²) in [6, 6.07) is 7.26. The van der Waals surface area contributed by atoms with Gasteiger partial charge in [0.1, 0.15) is 0 Å². The lowest BCUT2D eigenvalue weighted by molar-refractivity contribution is -0.120. The number of likely N-dealkylation sites (tertiary alicyclic amines) is 1. The van der Waals surface area contributed by atoms with Crippen molar-refractivity contribution >= 4 is 17.5 Å². The van der Waals surface area contributed by atoms with Gasteiger partial charge in [-0.15, -0.1) is 0 Å². The van der Waals surface area contributed by atoms with E-state index in [1.807, 2.05) is 23.1 Å². The van der Waals surface area contributed by atoms with Crippen LogP contribution in [0.4, 0.5) is 5.69 Å². The lowest BCUT2D eigenvalue weighted by Gasteiger charge is -2.18. The van der Waals surface area contributed by atoms with E-state index in [0.29, 0.717) is 17.8 Å². The van der Waals surface area contributed by atoms with Gasteiger partial charge in [-0.05, 0) is 56.3 Å². The molecule has 2 atom stereocenters. The summed E-state index contributed by atoms with van der Waals surface area (Å²) in [4.78, 5) is 26.8. The van der Waals surface area contributed by atoms with Crippen LogP contribution in [0.3, 0.4) is 0 Å². The topological polar surface area (TPSA) is 75.4 Å². The summed E-state index contributed by atoms with van der Waals surface area (Å²) in [6.07, 6.45) is 5.14. The molecule has 0 unspecified atom stereocenters. The molecule has 3 N–H and O–H groups in total. The van der Waals surface area contributed by atoms with Crippen molar-refractivity contribution in [1.29, 1.82) is 0 Å². The molecule has 1 aromatic rings. The van der Waals surface area contributed by atoms with E-state index in [4.69, 9.17) is 5.73 Å². The van der Waals surface area contributed by atoms with E-state index >= 15 is 0 Å². The Morgan fingerprint density at radius 3 is 2.70 bits per heavy atom. The van der Waals surface area contributed by atoms with E-state index in [1.165, 1.54) is 0 Å². The number of amides is 2. The van der Waals surface area contributed by atoms with Gasteiger partial charge < -0.3 is 16.0 Å². The van der Waals surface area contributed by atoms with Crippen molar-refractivity contribution < 1.29 is 9.59 Å². The standard InChI is InChI=1S/C18H25N3O2/c19-12-14-6-4-8-16(14)17(22)20-15-7-3-5-13(11-15)18(23)21-9-1-2-10-21/h3,5,7,11,14,16H,1-2,4,6,8-10,12,19H2,(H,20,22)/t14-,16-/m1/s1. The maximum Gasteiger partial charge on any atom is 0.253 e. The minimum Gasteiger partial charge on any atom is -0.339 e. The Kier molecular flexibility index (Phi) is 4.96. The van der Waals surface area contributed by atoms with Gasteiger partial charge in [0.25, 0.3) is 5.91 Å². The minimum atomic E-state index is -0.00191. The van der Waals surface area contributed by atoms with Gasteiger partial charge in [0.05, 0.1) is 0 Å². The van der Waals surface area contributed by atoms with Crippen LogP contribution in [-0.4, -0.2) is 36.3 Å². The molecule has 1 saturated heterocycles. The van der Waals surface area contributed by atoms with E-state index in [9.17, 15) is 9.59 Å². The number of hydrogen-bond donors (Lipinski definition) is 2. The highest BCUT2D eigenvalue weighted by Gasteiger charge is 2.32. The Morgan fingerprint density at radius 2 is 1.96 bits per heavy atom. The Morgan fingerprint density at radius 1 is 1.17 bits per heavy atom. The molecule has 0 aromatic heterocycles. The van der Waals surface area contributed by atoms with E-state index in [1.54, 1.807) is 6.07 Å². The fourth-order valence-corrected chi connectivity index (χ4v) is 3.73. The van der Waals surface area contributed by atoms with Gasteiger partial charge in [0.2, 0.25) is 5.91 Å².